The van der Waals surface area contributed by atoms with E-state index in [4.69, 9.17) is 7.85 Å². The summed E-state index contributed by atoms with van der Waals surface area (Å²) in [5.41, 5.74) is 0. The van der Waals surface area contributed by atoms with Gasteiger partial charge >= 0.3 is 0 Å². The molecule has 0 fully saturated rings. The van der Waals surface area contributed by atoms with Gasteiger partial charge in [-0.05, 0) is 17.1 Å². The molecule has 0 aliphatic heterocycles. The van der Waals surface area contributed by atoms with Crippen molar-refractivity contribution in [3.05, 3.63) is 0 Å². The highest BCUT2D eigenvalue weighted by Gasteiger charge is 2.14. The Morgan fingerprint density at radius 2 is 2.00 bits per heavy atom. The third kappa shape index (κ3) is 5.01. The molecule has 2 radical (unpaired) electrons. The number of hydrogen-bond donors (Lipinski definition) is 0. The standard InChI is InChI=1S/C7H14BBr/c1-3-5-6-7(8,9)4-2/h3-6H2,1-2H3. The average molecular weight is 189 g/mol. The molecule has 52 valence electrons. The van der Waals surface area contributed by atoms with E-state index in [1.54, 1.807) is 0 Å². The van der Waals surface area contributed by atoms with Gasteiger partial charge in [-0.15, -0.1) is 0 Å². The van der Waals surface area contributed by atoms with Crippen LogP contribution < -0.4 is 0 Å². The second-order valence-electron chi connectivity index (χ2n) is 2.49. The smallest absolute Gasteiger partial charge is 0.0901 e. The molecule has 0 N–H and O–H groups in total. The number of unbranched alkanes of at least 4 members (excludes halogenated alkanes) is 1. The van der Waals surface area contributed by atoms with Crippen molar-refractivity contribution < 1.29 is 0 Å². The van der Waals surface area contributed by atoms with Gasteiger partial charge in [-0.3, -0.25) is 0 Å². The molecule has 0 aromatic carbocycles. The van der Waals surface area contributed by atoms with E-state index in [0.717, 1.165) is 12.8 Å². The monoisotopic (exact) mass is 188 g/mol. The molecule has 0 heterocycles. The van der Waals surface area contributed by atoms with E-state index >= 15 is 0 Å². The van der Waals surface area contributed by atoms with Gasteiger partial charge in [-0.1, -0.05) is 42.6 Å². The maximum atomic E-state index is 5.82. The summed E-state index contributed by atoms with van der Waals surface area (Å²) < 4.78 is -0.0942. The van der Waals surface area contributed by atoms with E-state index in [0.29, 0.717) is 0 Å². The predicted octanol–water partition coefficient (Wildman–Crippen LogP) is 2.85. The van der Waals surface area contributed by atoms with E-state index in [1.807, 2.05) is 0 Å². The first-order valence-corrected chi connectivity index (χ1v) is 4.39. The molecule has 0 aliphatic carbocycles. The summed E-state index contributed by atoms with van der Waals surface area (Å²) >= 11 is 3.46. The summed E-state index contributed by atoms with van der Waals surface area (Å²) in [6.45, 7) is 4.28. The maximum Gasteiger partial charge on any atom is 0.0901 e. The van der Waals surface area contributed by atoms with Crippen molar-refractivity contribution in [3.8, 4) is 0 Å². The second kappa shape index (κ2) is 4.37. The molecule has 0 aromatic heterocycles. The van der Waals surface area contributed by atoms with Gasteiger partial charge in [0.25, 0.3) is 0 Å². The Morgan fingerprint density at radius 3 is 2.33 bits per heavy atom. The Labute approximate surface area is 67.9 Å². The first-order valence-electron chi connectivity index (χ1n) is 3.60. The number of hydrogen-bond acceptors (Lipinski definition) is 0. The van der Waals surface area contributed by atoms with Gasteiger partial charge in [0.2, 0.25) is 0 Å². The lowest BCUT2D eigenvalue weighted by molar-refractivity contribution is 0.636. The molecule has 0 saturated heterocycles. The fraction of sp³-hybridized carbons (Fsp3) is 1.00. The summed E-state index contributed by atoms with van der Waals surface area (Å²) in [7, 11) is 5.82. The quantitative estimate of drug-likeness (QED) is 0.471. The number of halogens is 1. The minimum Gasteiger partial charge on any atom is -0.0960 e. The molecule has 0 saturated carbocycles. The SMILES string of the molecule is [B]C(Br)(CC)CCCC. The highest BCUT2D eigenvalue weighted by atomic mass is 79.9. The fourth-order valence-electron chi connectivity index (χ4n) is 0.647. The van der Waals surface area contributed by atoms with Crippen LogP contribution in [0.25, 0.3) is 0 Å². The summed E-state index contributed by atoms with van der Waals surface area (Å²) in [6, 6.07) is 0. The fourth-order valence-corrected chi connectivity index (χ4v) is 0.928. The van der Waals surface area contributed by atoms with Crippen LogP contribution in [0, 0.1) is 0 Å². The molecule has 0 nitrogen and oxygen atoms in total. The molecular formula is C7H14BBr. The first-order chi connectivity index (χ1) is 4.12. The van der Waals surface area contributed by atoms with Gasteiger partial charge in [0.1, 0.15) is 0 Å². The maximum absolute atomic E-state index is 5.82. The van der Waals surface area contributed by atoms with Crippen LogP contribution in [0.2, 0.25) is 0 Å². The molecule has 0 amide bonds. The number of rotatable bonds is 4. The van der Waals surface area contributed by atoms with Gasteiger partial charge in [0.05, 0.1) is 7.85 Å². The molecule has 0 spiro atoms. The average Bonchev–Trinajstić information content (AvgIpc) is 1.84. The van der Waals surface area contributed by atoms with Crippen molar-refractivity contribution in [2.75, 3.05) is 0 Å². The normalized spacial score (nSPS) is 17.2. The van der Waals surface area contributed by atoms with Crippen LogP contribution in [0.3, 0.4) is 0 Å². The molecular weight excluding hydrogens is 175 g/mol. The number of alkyl halides is 1. The van der Waals surface area contributed by atoms with Crippen LogP contribution in [0.5, 0.6) is 0 Å². The second-order valence-corrected chi connectivity index (χ2v) is 4.07. The summed E-state index contributed by atoms with van der Waals surface area (Å²) in [5, 5.41) is 0. The zero-order valence-corrected chi connectivity index (χ0v) is 7.87. The zero-order valence-electron chi connectivity index (χ0n) is 6.28. The van der Waals surface area contributed by atoms with Crippen LogP contribution in [0.15, 0.2) is 0 Å². The molecule has 0 bridgehead atoms. The topological polar surface area (TPSA) is 0 Å². The van der Waals surface area contributed by atoms with Crippen molar-refractivity contribution >= 4 is 23.8 Å². The van der Waals surface area contributed by atoms with Crippen molar-refractivity contribution in [1.82, 2.24) is 0 Å². The van der Waals surface area contributed by atoms with E-state index in [1.165, 1.54) is 12.8 Å². The highest BCUT2D eigenvalue weighted by molar-refractivity contribution is 9.10. The van der Waals surface area contributed by atoms with Crippen LogP contribution >= 0.6 is 15.9 Å². The van der Waals surface area contributed by atoms with E-state index < -0.39 is 0 Å². The predicted molar refractivity (Wildman–Crippen MR) is 47.2 cm³/mol. The van der Waals surface area contributed by atoms with E-state index in [-0.39, 0.29) is 4.22 Å². The molecule has 1 atom stereocenters. The Balaban J connectivity index is 3.33. The first kappa shape index (κ1) is 9.54. The Bertz CT molecular complexity index is 71.3. The minimum atomic E-state index is -0.0942. The zero-order chi connectivity index (χ0) is 7.33. The lowest BCUT2D eigenvalue weighted by atomic mass is 9.81. The summed E-state index contributed by atoms with van der Waals surface area (Å²) in [4.78, 5) is 0. The van der Waals surface area contributed by atoms with Crippen LogP contribution in [0.1, 0.15) is 39.5 Å². The molecule has 2 heteroatoms. The molecule has 1 unspecified atom stereocenters. The Kier molecular flexibility index (Phi) is 4.64. The van der Waals surface area contributed by atoms with Crippen molar-refractivity contribution in [3.63, 3.8) is 0 Å². The lowest BCUT2D eigenvalue weighted by Gasteiger charge is -2.19. The molecule has 9 heavy (non-hydrogen) atoms. The van der Waals surface area contributed by atoms with Crippen LogP contribution in [-0.2, 0) is 0 Å². The van der Waals surface area contributed by atoms with Crippen molar-refractivity contribution in [1.29, 1.82) is 0 Å². The van der Waals surface area contributed by atoms with Crippen LogP contribution in [0.4, 0.5) is 0 Å². The minimum absolute atomic E-state index is 0.0942. The largest absolute Gasteiger partial charge is 0.0960 e. The van der Waals surface area contributed by atoms with E-state index in [2.05, 4.69) is 29.8 Å². The van der Waals surface area contributed by atoms with Gasteiger partial charge in [0, 0.05) is 0 Å². The Hall–Kier alpha value is 0.545. The lowest BCUT2D eigenvalue weighted by Crippen LogP contribution is -2.18. The van der Waals surface area contributed by atoms with Gasteiger partial charge in [0.15, 0.2) is 0 Å². The van der Waals surface area contributed by atoms with E-state index in [9.17, 15) is 0 Å². The highest BCUT2D eigenvalue weighted by Crippen LogP contribution is 2.24. The molecule has 0 aliphatic rings. The van der Waals surface area contributed by atoms with Crippen molar-refractivity contribution in [2.24, 2.45) is 0 Å². The third-order valence-corrected chi connectivity index (χ3v) is 2.49. The van der Waals surface area contributed by atoms with Gasteiger partial charge in [-0.2, -0.15) is 0 Å². The molecule has 0 aromatic rings. The van der Waals surface area contributed by atoms with Gasteiger partial charge in [-0.25, -0.2) is 0 Å². The summed E-state index contributed by atoms with van der Waals surface area (Å²) in [5.74, 6) is 0. The Morgan fingerprint density at radius 1 is 1.44 bits per heavy atom. The molecule has 0 rings (SSSR count). The van der Waals surface area contributed by atoms with Crippen molar-refractivity contribution in [2.45, 2.75) is 43.8 Å². The van der Waals surface area contributed by atoms with Gasteiger partial charge < -0.3 is 0 Å². The summed E-state index contributed by atoms with van der Waals surface area (Å²) in [6.07, 6.45) is 4.53. The third-order valence-electron chi connectivity index (χ3n) is 1.53. The van der Waals surface area contributed by atoms with Crippen LogP contribution in [-0.4, -0.2) is 12.1 Å².